The lowest BCUT2D eigenvalue weighted by Crippen LogP contribution is -2.32. The molecule has 0 saturated carbocycles. The second-order valence-electron chi connectivity index (χ2n) is 3.85. The largest absolute Gasteiger partial charge is 0.481 e. The SMILES string of the molecule is C#CCCN1CCC(C)(C(=O)O)C1. The van der Waals surface area contributed by atoms with E-state index in [-0.39, 0.29) is 0 Å². The van der Waals surface area contributed by atoms with Crippen LogP contribution in [0.25, 0.3) is 0 Å². The van der Waals surface area contributed by atoms with Crippen molar-refractivity contribution in [2.45, 2.75) is 19.8 Å². The Morgan fingerprint density at radius 2 is 2.46 bits per heavy atom. The minimum absolute atomic E-state index is 0.561. The molecule has 13 heavy (non-hydrogen) atoms. The first kappa shape index (κ1) is 10.1. The van der Waals surface area contributed by atoms with Crippen LogP contribution in [0.15, 0.2) is 0 Å². The van der Waals surface area contributed by atoms with Crippen LogP contribution in [0.3, 0.4) is 0 Å². The molecule has 3 heteroatoms. The molecule has 0 aromatic heterocycles. The van der Waals surface area contributed by atoms with Gasteiger partial charge in [-0.1, -0.05) is 0 Å². The zero-order valence-electron chi connectivity index (χ0n) is 7.92. The highest BCUT2D eigenvalue weighted by Gasteiger charge is 2.39. The van der Waals surface area contributed by atoms with Crippen molar-refractivity contribution in [1.29, 1.82) is 0 Å². The van der Waals surface area contributed by atoms with E-state index >= 15 is 0 Å². The Kier molecular flexibility index (Phi) is 2.94. The molecular weight excluding hydrogens is 166 g/mol. The summed E-state index contributed by atoms with van der Waals surface area (Å²) in [5.74, 6) is 1.86. The van der Waals surface area contributed by atoms with Crippen molar-refractivity contribution in [3.63, 3.8) is 0 Å². The molecule has 0 aromatic carbocycles. The molecule has 1 heterocycles. The quantitative estimate of drug-likeness (QED) is 0.655. The monoisotopic (exact) mass is 181 g/mol. The number of hydrogen-bond acceptors (Lipinski definition) is 2. The molecule has 0 aliphatic carbocycles. The van der Waals surface area contributed by atoms with E-state index in [1.165, 1.54) is 0 Å². The average molecular weight is 181 g/mol. The van der Waals surface area contributed by atoms with Gasteiger partial charge < -0.3 is 10.0 Å². The molecule has 0 amide bonds. The summed E-state index contributed by atoms with van der Waals surface area (Å²) in [6, 6.07) is 0. The molecule has 0 bridgehead atoms. The topological polar surface area (TPSA) is 40.5 Å². The van der Waals surface area contributed by atoms with Crippen molar-refractivity contribution in [3.8, 4) is 12.3 Å². The first-order chi connectivity index (χ1) is 6.08. The van der Waals surface area contributed by atoms with E-state index in [1.807, 2.05) is 0 Å². The van der Waals surface area contributed by atoms with Gasteiger partial charge in [0.25, 0.3) is 0 Å². The van der Waals surface area contributed by atoms with E-state index in [0.29, 0.717) is 13.0 Å². The predicted molar refractivity (Wildman–Crippen MR) is 50.2 cm³/mol. The van der Waals surface area contributed by atoms with Crippen molar-refractivity contribution < 1.29 is 9.90 Å². The molecule has 0 aromatic rings. The molecule has 1 N–H and O–H groups in total. The fourth-order valence-corrected chi connectivity index (χ4v) is 1.64. The third kappa shape index (κ3) is 2.22. The Morgan fingerprint density at radius 1 is 1.77 bits per heavy atom. The molecule has 0 spiro atoms. The van der Waals surface area contributed by atoms with Gasteiger partial charge in [-0.05, 0) is 19.9 Å². The highest BCUT2D eigenvalue weighted by molar-refractivity contribution is 5.74. The van der Waals surface area contributed by atoms with Crippen molar-refractivity contribution in [2.24, 2.45) is 5.41 Å². The van der Waals surface area contributed by atoms with Crippen molar-refractivity contribution in [1.82, 2.24) is 4.90 Å². The summed E-state index contributed by atoms with van der Waals surface area (Å²) in [5, 5.41) is 8.95. The standard InChI is InChI=1S/C10H15NO2/c1-3-4-6-11-7-5-10(2,8-11)9(12)13/h1H,4-8H2,2H3,(H,12,13). The third-order valence-corrected chi connectivity index (χ3v) is 2.64. The van der Waals surface area contributed by atoms with Gasteiger partial charge in [-0.25, -0.2) is 0 Å². The van der Waals surface area contributed by atoms with E-state index in [4.69, 9.17) is 11.5 Å². The summed E-state index contributed by atoms with van der Waals surface area (Å²) in [5.41, 5.74) is -0.561. The number of aliphatic carboxylic acids is 1. The van der Waals surface area contributed by atoms with Crippen molar-refractivity contribution in [2.75, 3.05) is 19.6 Å². The minimum Gasteiger partial charge on any atom is -0.481 e. The number of rotatable bonds is 3. The van der Waals surface area contributed by atoms with E-state index in [1.54, 1.807) is 6.92 Å². The Labute approximate surface area is 78.7 Å². The highest BCUT2D eigenvalue weighted by atomic mass is 16.4. The molecule has 0 radical (unpaired) electrons. The third-order valence-electron chi connectivity index (χ3n) is 2.64. The summed E-state index contributed by atoms with van der Waals surface area (Å²) >= 11 is 0. The van der Waals surface area contributed by atoms with E-state index in [0.717, 1.165) is 19.5 Å². The fraction of sp³-hybridized carbons (Fsp3) is 0.700. The molecule has 1 fully saturated rings. The summed E-state index contributed by atoms with van der Waals surface area (Å²) < 4.78 is 0. The number of carbonyl (C=O) groups is 1. The zero-order valence-corrected chi connectivity index (χ0v) is 7.92. The van der Waals surface area contributed by atoms with E-state index in [9.17, 15) is 4.79 Å². The van der Waals surface area contributed by atoms with Crippen LogP contribution in [0.2, 0.25) is 0 Å². The number of carboxylic acid groups (broad SMARTS) is 1. The Hall–Kier alpha value is -1.01. The molecule has 1 rings (SSSR count). The Balaban J connectivity index is 2.45. The van der Waals surface area contributed by atoms with Gasteiger partial charge in [-0.15, -0.1) is 12.3 Å². The molecule has 1 aliphatic rings. The number of carboxylic acids is 1. The van der Waals surface area contributed by atoms with Crippen LogP contribution in [-0.4, -0.2) is 35.6 Å². The molecule has 72 valence electrons. The van der Waals surface area contributed by atoms with Gasteiger partial charge in [0.2, 0.25) is 0 Å². The van der Waals surface area contributed by atoms with Gasteiger partial charge in [-0.2, -0.15) is 0 Å². The predicted octanol–water partition coefficient (Wildman–Crippen LogP) is 0.806. The Bertz CT molecular complexity index is 244. The van der Waals surface area contributed by atoms with Gasteiger partial charge in [-0.3, -0.25) is 4.79 Å². The second kappa shape index (κ2) is 3.80. The molecular formula is C10H15NO2. The van der Waals surface area contributed by atoms with Crippen molar-refractivity contribution in [3.05, 3.63) is 0 Å². The van der Waals surface area contributed by atoms with Gasteiger partial charge >= 0.3 is 5.97 Å². The van der Waals surface area contributed by atoms with Crippen LogP contribution in [0, 0.1) is 17.8 Å². The van der Waals surface area contributed by atoms with Crippen LogP contribution < -0.4 is 0 Å². The van der Waals surface area contributed by atoms with Crippen LogP contribution in [-0.2, 0) is 4.79 Å². The molecule has 1 aliphatic heterocycles. The van der Waals surface area contributed by atoms with Crippen molar-refractivity contribution >= 4 is 5.97 Å². The molecule has 1 unspecified atom stereocenters. The van der Waals surface area contributed by atoms with Gasteiger partial charge in [0.15, 0.2) is 0 Å². The number of likely N-dealkylation sites (tertiary alicyclic amines) is 1. The lowest BCUT2D eigenvalue weighted by molar-refractivity contribution is -0.147. The van der Waals surface area contributed by atoms with Crippen LogP contribution in [0.1, 0.15) is 19.8 Å². The summed E-state index contributed by atoms with van der Waals surface area (Å²) in [4.78, 5) is 13.0. The maximum atomic E-state index is 10.9. The summed E-state index contributed by atoms with van der Waals surface area (Å²) in [7, 11) is 0. The molecule has 1 atom stereocenters. The summed E-state index contributed by atoms with van der Waals surface area (Å²) in [6.07, 6.45) is 6.57. The van der Waals surface area contributed by atoms with Crippen LogP contribution >= 0.6 is 0 Å². The van der Waals surface area contributed by atoms with Gasteiger partial charge in [0.05, 0.1) is 5.41 Å². The maximum absolute atomic E-state index is 10.9. The van der Waals surface area contributed by atoms with Gasteiger partial charge in [0, 0.05) is 19.5 Å². The number of hydrogen-bond donors (Lipinski definition) is 1. The lowest BCUT2D eigenvalue weighted by Gasteiger charge is -2.19. The first-order valence-electron chi connectivity index (χ1n) is 4.48. The van der Waals surface area contributed by atoms with Crippen LogP contribution in [0.4, 0.5) is 0 Å². The Morgan fingerprint density at radius 3 is 2.92 bits per heavy atom. The van der Waals surface area contributed by atoms with Crippen LogP contribution in [0.5, 0.6) is 0 Å². The number of nitrogens with zero attached hydrogens (tertiary/aromatic N) is 1. The fourth-order valence-electron chi connectivity index (χ4n) is 1.64. The molecule has 1 saturated heterocycles. The number of terminal acetylenes is 1. The van der Waals surface area contributed by atoms with E-state index in [2.05, 4.69) is 10.8 Å². The summed E-state index contributed by atoms with van der Waals surface area (Å²) in [6.45, 7) is 4.10. The highest BCUT2D eigenvalue weighted by Crippen LogP contribution is 2.29. The molecule has 3 nitrogen and oxygen atoms in total. The first-order valence-corrected chi connectivity index (χ1v) is 4.48. The second-order valence-corrected chi connectivity index (χ2v) is 3.85. The smallest absolute Gasteiger partial charge is 0.310 e. The van der Waals surface area contributed by atoms with Gasteiger partial charge in [0.1, 0.15) is 0 Å². The average Bonchev–Trinajstić information content (AvgIpc) is 2.45. The minimum atomic E-state index is -0.698. The lowest BCUT2D eigenvalue weighted by atomic mass is 9.90. The van der Waals surface area contributed by atoms with E-state index < -0.39 is 11.4 Å². The zero-order chi connectivity index (χ0) is 9.90. The normalized spacial score (nSPS) is 28.6. The maximum Gasteiger partial charge on any atom is 0.310 e.